The highest BCUT2D eigenvalue weighted by Crippen LogP contribution is 2.34. The Bertz CT molecular complexity index is 224. The van der Waals surface area contributed by atoms with Crippen molar-refractivity contribution in [2.24, 2.45) is 10.5 Å². The van der Waals surface area contributed by atoms with Crippen molar-refractivity contribution in [3.05, 3.63) is 0 Å². The Labute approximate surface area is 73.8 Å². The number of likely N-dealkylation sites (N-methyl/N-ethyl adjacent to an activating group) is 1. The van der Waals surface area contributed by atoms with Gasteiger partial charge in [-0.3, -0.25) is 0 Å². The van der Waals surface area contributed by atoms with Gasteiger partial charge >= 0.3 is 0 Å². The van der Waals surface area contributed by atoms with Crippen molar-refractivity contribution in [3.8, 4) is 0 Å². The summed E-state index contributed by atoms with van der Waals surface area (Å²) in [5.41, 5.74) is 4.79. The van der Waals surface area contributed by atoms with E-state index in [1.807, 2.05) is 0 Å². The second-order valence-electron chi connectivity index (χ2n) is 4.12. The van der Waals surface area contributed by atoms with Crippen molar-refractivity contribution in [3.63, 3.8) is 0 Å². The average molecular weight is 167 g/mol. The highest BCUT2D eigenvalue weighted by atomic mass is 15.4. The maximum atomic E-state index is 4.30. The zero-order valence-electron chi connectivity index (χ0n) is 8.09. The van der Waals surface area contributed by atoms with E-state index < -0.39 is 0 Å². The molecule has 0 aromatic carbocycles. The quantitative estimate of drug-likeness (QED) is 0.622. The zero-order valence-corrected chi connectivity index (χ0v) is 8.09. The van der Waals surface area contributed by atoms with Gasteiger partial charge in [-0.05, 0) is 13.5 Å². The van der Waals surface area contributed by atoms with Crippen molar-refractivity contribution in [1.82, 2.24) is 10.3 Å². The van der Waals surface area contributed by atoms with Gasteiger partial charge in [-0.1, -0.05) is 13.8 Å². The molecule has 0 aromatic rings. The van der Waals surface area contributed by atoms with Gasteiger partial charge in [0.25, 0.3) is 0 Å². The lowest BCUT2D eigenvalue weighted by Crippen LogP contribution is -2.37. The molecule has 2 heterocycles. The van der Waals surface area contributed by atoms with E-state index in [0.717, 1.165) is 19.6 Å². The summed E-state index contributed by atoms with van der Waals surface area (Å²) in [6.45, 7) is 10.1. The molecule has 0 aromatic heterocycles. The summed E-state index contributed by atoms with van der Waals surface area (Å²) in [5, 5.41) is 4.30. The van der Waals surface area contributed by atoms with Crippen LogP contribution in [0.4, 0.5) is 0 Å². The van der Waals surface area contributed by atoms with Gasteiger partial charge in [0.1, 0.15) is 0 Å². The van der Waals surface area contributed by atoms with E-state index in [1.165, 1.54) is 5.71 Å². The van der Waals surface area contributed by atoms with E-state index in [1.54, 1.807) is 0 Å². The molecule has 2 rings (SSSR count). The van der Waals surface area contributed by atoms with Crippen LogP contribution in [-0.4, -0.2) is 36.3 Å². The molecule has 0 bridgehead atoms. The Kier molecular flexibility index (Phi) is 1.65. The summed E-state index contributed by atoms with van der Waals surface area (Å²) in [4.78, 5) is 2.48. The molecule has 1 saturated heterocycles. The molecular weight excluding hydrogens is 150 g/mol. The lowest BCUT2D eigenvalue weighted by molar-refractivity contribution is 0.330. The monoisotopic (exact) mass is 167 g/mol. The van der Waals surface area contributed by atoms with Gasteiger partial charge in [0.05, 0.1) is 6.04 Å². The highest BCUT2D eigenvalue weighted by Gasteiger charge is 2.47. The molecule has 2 aliphatic heterocycles. The predicted molar refractivity (Wildman–Crippen MR) is 50.3 cm³/mol. The molecular formula is C9H17N3. The van der Waals surface area contributed by atoms with Crippen LogP contribution in [0.15, 0.2) is 5.10 Å². The third kappa shape index (κ3) is 0.891. The van der Waals surface area contributed by atoms with Crippen LogP contribution in [-0.2, 0) is 0 Å². The first-order valence-electron chi connectivity index (χ1n) is 4.69. The Hall–Kier alpha value is -0.570. The SMILES string of the molecule is CCN1CC2NN=C(C)C2(C)C1. The minimum atomic E-state index is 0.302. The van der Waals surface area contributed by atoms with Gasteiger partial charge in [-0.25, -0.2) is 0 Å². The van der Waals surface area contributed by atoms with Gasteiger partial charge in [0.15, 0.2) is 0 Å². The van der Waals surface area contributed by atoms with E-state index in [9.17, 15) is 0 Å². The normalized spacial score (nSPS) is 40.9. The van der Waals surface area contributed by atoms with Crippen molar-refractivity contribution < 1.29 is 0 Å². The molecule has 2 aliphatic rings. The zero-order chi connectivity index (χ0) is 8.77. The van der Waals surface area contributed by atoms with Crippen molar-refractivity contribution >= 4 is 5.71 Å². The third-order valence-corrected chi connectivity index (χ3v) is 3.42. The molecule has 68 valence electrons. The molecule has 0 saturated carbocycles. The molecule has 0 aliphatic carbocycles. The van der Waals surface area contributed by atoms with Crippen LogP contribution in [0.25, 0.3) is 0 Å². The molecule has 1 fully saturated rings. The maximum absolute atomic E-state index is 4.30. The van der Waals surface area contributed by atoms with Crippen LogP contribution < -0.4 is 5.43 Å². The molecule has 0 radical (unpaired) electrons. The molecule has 0 amide bonds. The van der Waals surface area contributed by atoms with Gasteiger partial charge < -0.3 is 10.3 Å². The van der Waals surface area contributed by atoms with E-state index in [2.05, 4.69) is 36.2 Å². The molecule has 0 spiro atoms. The standard InChI is InChI=1S/C9H17N3/c1-4-12-5-8-9(3,6-12)7(2)10-11-8/h8,11H,4-6H2,1-3H3. The number of hydrogen-bond donors (Lipinski definition) is 1. The molecule has 1 N–H and O–H groups in total. The summed E-state index contributed by atoms with van der Waals surface area (Å²) >= 11 is 0. The summed E-state index contributed by atoms with van der Waals surface area (Å²) in [6, 6.07) is 0.553. The Morgan fingerprint density at radius 3 is 3.08 bits per heavy atom. The maximum Gasteiger partial charge on any atom is 0.0685 e. The lowest BCUT2D eigenvalue weighted by atomic mass is 9.82. The Morgan fingerprint density at radius 1 is 1.75 bits per heavy atom. The minimum absolute atomic E-state index is 0.302. The first-order chi connectivity index (χ1) is 5.66. The minimum Gasteiger partial charge on any atom is -0.305 e. The number of hydrogen-bond acceptors (Lipinski definition) is 3. The molecule has 3 heteroatoms. The molecule has 3 nitrogen and oxygen atoms in total. The fourth-order valence-corrected chi connectivity index (χ4v) is 2.19. The van der Waals surface area contributed by atoms with E-state index >= 15 is 0 Å². The van der Waals surface area contributed by atoms with Crippen LogP contribution in [0.3, 0.4) is 0 Å². The lowest BCUT2D eigenvalue weighted by Gasteiger charge is -2.22. The van der Waals surface area contributed by atoms with Crippen LogP contribution >= 0.6 is 0 Å². The van der Waals surface area contributed by atoms with Crippen molar-refractivity contribution in [2.75, 3.05) is 19.6 Å². The molecule has 2 atom stereocenters. The van der Waals surface area contributed by atoms with Gasteiger partial charge in [0.2, 0.25) is 0 Å². The first-order valence-corrected chi connectivity index (χ1v) is 4.69. The fourth-order valence-electron chi connectivity index (χ4n) is 2.19. The second-order valence-corrected chi connectivity index (χ2v) is 4.12. The second kappa shape index (κ2) is 2.46. The topological polar surface area (TPSA) is 27.6 Å². The predicted octanol–water partition coefficient (Wildman–Crippen LogP) is 0.676. The number of nitrogens with zero attached hydrogens (tertiary/aromatic N) is 2. The number of nitrogens with one attached hydrogen (secondary N) is 1. The first kappa shape index (κ1) is 8.05. The fraction of sp³-hybridized carbons (Fsp3) is 0.889. The summed E-state index contributed by atoms with van der Waals surface area (Å²) in [6.07, 6.45) is 0. The largest absolute Gasteiger partial charge is 0.305 e. The van der Waals surface area contributed by atoms with Gasteiger partial charge in [-0.2, -0.15) is 5.10 Å². The highest BCUT2D eigenvalue weighted by molar-refractivity contribution is 5.90. The van der Waals surface area contributed by atoms with Gasteiger partial charge in [-0.15, -0.1) is 0 Å². The Morgan fingerprint density at radius 2 is 2.50 bits per heavy atom. The smallest absolute Gasteiger partial charge is 0.0685 e. The van der Waals surface area contributed by atoms with Crippen LogP contribution in [0.2, 0.25) is 0 Å². The number of hydrazone groups is 1. The van der Waals surface area contributed by atoms with Crippen LogP contribution in [0, 0.1) is 5.41 Å². The summed E-state index contributed by atoms with van der Waals surface area (Å²) in [5.74, 6) is 0. The van der Waals surface area contributed by atoms with E-state index in [4.69, 9.17) is 0 Å². The summed E-state index contributed by atoms with van der Waals surface area (Å²) in [7, 11) is 0. The average Bonchev–Trinajstić information content (AvgIpc) is 2.50. The summed E-state index contributed by atoms with van der Waals surface area (Å²) < 4.78 is 0. The number of likely N-dealkylation sites (tertiary alicyclic amines) is 1. The van der Waals surface area contributed by atoms with Gasteiger partial charge in [0, 0.05) is 24.2 Å². The van der Waals surface area contributed by atoms with Crippen LogP contribution in [0.1, 0.15) is 20.8 Å². The number of rotatable bonds is 1. The van der Waals surface area contributed by atoms with E-state index in [-0.39, 0.29) is 0 Å². The number of fused-ring (bicyclic) bond motifs is 1. The third-order valence-electron chi connectivity index (χ3n) is 3.42. The molecule has 2 unspecified atom stereocenters. The van der Waals surface area contributed by atoms with Crippen molar-refractivity contribution in [2.45, 2.75) is 26.8 Å². The molecule has 12 heavy (non-hydrogen) atoms. The van der Waals surface area contributed by atoms with Crippen LogP contribution in [0.5, 0.6) is 0 Å². The Balaban J connectivity index is 2.18. The van der Waals surface area contributed by atoms with E-state index in [0.29, 0.717) is 11.5 Å². The van der Waals surface area contributed by atoms with Crippen molar-refractivity contribution in [1.29, 1.82) is 0 Å².